The van der Waals surface area contributed by atoms with Crippen LogP contribution in [0.4, 0.5) is 10.8 Å². The van der Waals surface area contributed by atoms with Gasteiger partial charge in [0, 0.05) is 17.3 Å². The maximum absolute atomic E-state index is 12.3. The number of rotatable bonds is 9. The number of ether oxygens (including phenoxy) is 1. The second-order valence-corrected chi connectivity index (χ2v) is 9.75. The first-order valence-electron chi connectivity index (χ1n) is 9.11. The number of halogens is 1. The minimum atomic E-state index is -3.73. The van der Waals surface area contributed by atoms with Gasteiger partial charge < -0.3 is 10.1 Å². The zero-order valence-electron chi connectivity index (χ0n) is 16.1. The minimum Gasteiger partial charge on any atom is -0.483 e. The number of carbonyl (C=O) groups is 1. The molecular formula is C20H20BrN3O4S2. The van der Waals surface area contributed by atoms with Crippen LogP contribution in [0.2, 0.25) is 0 Å². The fourth-order valence-electron chi connectivity index (χ4n) is 2.61. The molecule has 0 saturated heterocycles. The number of aromatic nitrogens is 1. The zero-order chi connectivity index (χ0) is 21.6. The number of hydrogen-bond donors (Lipinski definition) is 2. The number of benzene rings is 2. The van der Waals surface area contributed by atoms with E-state index in [2.05, 4.69) is 37.9 Å². The van der Waals surface area contributed by atoms with Crippen molar-refractivity contribution < 1.29 is 17.9 Å². The van der Waals surface area contributed by atoms with E-state index in [4.69, 9.17) is 4.74 Å². The first kappa shape index (κ1) is 22.3. The Morgan fingerprint density at radius 1 is 1.20 bits per heavy atom. The van der Waals surface area contributed by atoms with Crippen LogP contribution in [-0.4, -0.2) is 25.9 Å². The largest absolute Gasteiger partial charge is 0.483 e. The minimum absolute atomic E-state index is 0.0723. The highest BCUT2D eigenvalue weighted by Crippen LogP contribution is 2.26. The normalized spacial score (nSPS) is 11.1. The number of sulfonamides is 1. The lowest BCUT2D eigenvalue weighted by Crippen LogP contribution is -2.20. The molecule has 3 aromatic rings. The van der Waals surface area contributed by atoms with Crippen molar-refractivity contribution in [2.75, 3.05) is 16.6 Å². The van der Waals surface area contributed by atoms with Crippen LogP contribution in [-0.2, 0) is 21.2 Å². The van der Waals surface area contributed by atoms with E-state index in [1.807, 2.05) is 18.2 Å². The van der Waals surface area contributed by atoms with Crippen LogP contribution in [0.5, 0.6) is 5.75 Å². The summed E-state index contributed by atoms with van der Waals surface area (Å²) < 4.78 is 33.4. The summed E-state index contributed by atoms with van der Waals surface area (Å²) in [4.78, 5) is 16.1. The van der Waals surface area contributed by atoms with Crippen molar-refractivity contribution in [3.8, 4) is 5.75 Å². The topological polar surface area (TPSA) is 97.4 Å². The number of nitrogens with zero attached hydrogens (tertiary/aromatic N) is 1. The molecule has 0 aliphatic carbocycles. The summed E-state index contributed by atoms with van der Waals surface area (Å²) in [6.45, 7) is 1.94. The molecule has 0 atom stereocenters. The van der Waals surface area contributed by atoms with Crippen molar-refractivity contribution >= 4 is 54.0 Å². The van der Waals surface area contributed by atoms with Crippen molar-refractivity contribution in [1.82, 2.24) is 4.98 Å². The van der Waals surface area contributed by atoms with Gasteiger partial charge in [-0.1, -0.05) is 19.4 Å². The summed E-state index contributed by atoms with van der Waals surface area (Å²) in [6.07, 6.45) is 3.54. The van der Waals surface area contributed by atoms with E-state index in [9.17, 15) is 13.2 Å². The second kappa shape index (κ2) is 10.1. The Hall–Kier alpha value is -2.43. The van der Waals surface area contributed by atoms with Gasteiger partial charge >= 0.3 is 0 Å². The van der Waals surface area contributed by atoms with Gasteiger partial charge in [0.1, 0.15) is 5.75 Å². The molecule has 158 valence electrons. The Bertz CT molecular complexity index is 1100. The van der Waals surface area contributed by atoms with Crippen LogP contribution in [0.1, 0.15) is 18.9 Å². The molecule has 2 N–H and O–H groups in total. The number of amides is 1. The molecule has 0 spiro atoms. The summed E-state index contributed by atoms with van der Waals surface area (Å²) in [5.74, 6) is 0.232. The first-order chi connectivity index (χ1) is 14.4. The van der Waals surface area contributed by atoms with Gasteiger partial charge in [-0.15, -0.1) is 11.3 Å². The van der Waals surface area contributed by atoms with E-state index in [1.54, 1.807) is 5.38 Å². The van der Waals surface area contributed by atoms with Crippen LogP contribution in [0.3, 0.4) is 0 Å². The Morgan fingerprint density at radius 3 is 2.60 bits per heavy atom. The molecule has 1 aromatic heterocycles. The van der Waals surface area contributed by atoms with Gasteiger partial charge in [-0.3, -0.25) is 9.52 Å². The molecule has 0 aliphatic heterocycles. The fraction of sp³-hybridized carbons (Fsp3) is 0.200. The maximum atomic E-state index is 12.3. The summed E-state index contributed by atoms with van der Waals surface area (Å²) >= 11 is 4.65. The molecule has 0 unspecified atom stereocenters. The molecule has 30 heavy (non-hydrogen) atoms. The molecule has 7 nitrogen and oxygen atoms in total. The van der Waals surface area contributed by atoms with E-state index < -0.39 is 10.0 Å². The van der Waals surface area contributed by atoms with E-state index in [-0.39, 0.29) is 17.4 Å². The number of anilines is 2. The SMILES string of the molecule is CCCc1ccc(OCC(=O)Nc2ccc(S(=O)(=O)Nc3nccs3)cc2)c(Br)c1. The van der Waals surface area contributed by atoms with Gasteiger partial charge in [-0.05, 0) is 64.3 Å². The molecule has 0 bridgehead atoms. The molecule has 0 fully saturated rings. The Morgan fingerprint density at radius 2 is 1.97 bits per heavy atom. The molecule has 0 saturated carbocycles. The van der Waals surface area contributed by atoms with Crippen molar-refractivity contribution in [3.63, 3.8) is 0 Å². The summed E-state index contributed by atoms with van der Waals surface area (Å²) in [7, 11) is -3.73. The Labute approximate surface area is 187 Å². The number of nitrogens with one attached hydrogen (secondary N) is 2. The van der Waals surface area contributed by atoms with Gasteiger partial charge in [-0.25, -0.2) is 13.4 Å². The van der Waals surface area contributed by atoms with Crippen LogP contribution in [0, 0.1) is 0 Å². The summed E-state index contributed by atoms with van der Waals surface area (Å²) in [5, 5.41) is 4.65. The van der Waals surface area contributed by atoms with Gasteiger partial charge in [0.2, 0.25) is 0 Å². The predicted molar refractivity (Wildman–Crippen MR) is 122 cm³/mol. The predicted octanol–water partition coefficient (Wildman–Crippen LogP) is 4.68. The average Bonchev–Trinajstić information content (AvgIpc) is 3.20. The standard InChI is InChI=1S/C20H20BrN3O4S2/c1-2-3-14-4-9-18(17(21)12-14)28-13-19(25)23-15-5-7-16(8-6-15)30(26,27)24-20-22-10-11-29-20/h4-12H,2-3,13H2,1H3,(H,22,24)(H,23,25). The van der Waals surface area contributed by atoms with Gasteiger partial charge in [-0.2, -0.15) is 0 Å². The molecule has 1 heterocycles. The van der Waals surface area contributed by atoms with E-state index in [1.165, 1.54) is 47.4 Å². The number of hydrogen-bond acceptors (Lipinski definition) is 6. The third kappa shape index (κ3) is 6.04. The van der Waals surface area contributed by atoms with Crippen LogP contribution in [0.25, 0.3) is 0 Å². The second-order valence-electron chi connectivity index (χ2n) is 6.32. The quantitative estimate of drug-likeness (QED) is 0.436. The molecular weight excluding hydrogens is 490 g/mol. The van der Waals surface area contributed by atoms with Crippen molar-refractivity contribution in [2.24, 2.45) is 0 Å². The molecule has 3 rings (SSSR count). The monoisotopic (exact) mass is 509 g/mol. The molecule has 1 amide bonds. The van der Waals surface area contributed by atoms with Crippen LogP contribution < -0.4 is 14.8 Å². The van der Waals surface area contributed by atoms with Crippen LogP contribution >= 0.6 is 27.3 Å². The smallest absolute Gasteiger partial charge is 0.263 e. The number of aryl methyl sites for hydroxylation is 1. The third-order valence-electron chi connectivity index (χ3n) is 4.00. The molecule has 2 aromatic carbocycles. The van der Waals surface area contributed by atoms with Gasteiger partial charge in [0.15, 0.2) is 11.7 Å². The maximum Gasteiger partial charge on any atom is 0.263 e. The Balaban J connectivity index is 1.56. The summed E-state index contributed by atoms with van der Waals surface area (Å²) in [5.41, 5.74) is 1.66. The lowest BCUT2D eigenvalue weighted by molar-refractivity contribution is -0.118. The molecule has 0 radical (unpaired) electrons. The lowest BCUT2D eigenvalue weighted by Gasteiger charge is -2.11. The third-order valence-corrected chi connectivity index (χ3v) is 6.79. The van der Waals surface area contributed by atoms with E-state index in [0.29, 0.717) is 16.6 Å². The molecule has 0 aliphatic rings. The van der Waals surface area contributed by atoms with E-state index in [0.717, 1.165) is 17.3 Å². The highest BCUT2D eigenvalue weighted by molar-refractivity contribution is 9.10. The fourth-order valence-corrected chi connectivity index (χ4v) is 4.94. The zero-order valence-corrected chi connectivity index (χ0v) is 19.3. The highest BCUT2D eigenvalue weighted by atomic mass is 79.9. The van der Waals surface area contributed by atoms with Crippen molar-refractivity contribution in [1.29, 1.82) is 0 Å². The van der Waals surface area contributed by atoms with Crippen molar-refractivity contribution in [3.05, 3.63) is 64.1 Å². The highest BCUT2D eigenvalue weighted by Gasteiger charge is 2.15. The average molecular weight is 510 g/mol. The summed E-state index contributed by atoms with van der Waals surface area (Å²) in [6, 6.07) is 11.6. The number of thiazole rings is 1. The first-order valence-corrected chi connectivity index (χ1v) is 12.3. The van der Waals surface area contributed by atoms with E-state index >= 15 is 0 Å². The van der Waals surface area contributed by atoms with Crippen molar-refractivity contribution in [2.45, 2.75) is 24.7 Å². The van der Waals surface area contributed by atoms with Gasteiger partial charge in [0.25, 0.3) is 15.9 Å². The Kier molecular flexibility index (Phi) is 7.46. The molecule has 10 heteroatoms. The number of carbonyl (C=O) groups excluding carboxylic acids is 1. The van der Waals surface area contributed by atoms with Crippen LogP contribution in [0.15, 0.2) is 63.4 Å². The van der Waals surface area contributed by atoms with Gasteiger partial charge in [0.05, 0.1) is 9.37 Å². The lowest BCUT2D eigenvalue weighted by atomic mass is 10.1.